The third-order valence-corrected chi connectivity index (χ3v) is 3.29. The van der Waals surface area contributed by atoms with Crippen LogP contribution >= 0.6 is 28.1 Å². The van der Waals surface area contributed by atoms with Gasteiger partial charge in [0, 0.05) is 4.47 Å². The molecule has 2 rings (SSSR count). The predicted molar refractivity (Wildman–Crippen MR) is 87.9 cm³/mol. The van der Waals surface area contributed by atoms with Gasteiger partial charge in [-0.3, -0.25) is 15.4 Å². The SMILES string of the molecule is CCn1nnc(NC(=S)NC(=O)c2cc(Br)ccc2OC)n1. The van der Waals surface area contributed by atoms with E-state index < -0.39 is 5.91 Å². The number of tetrazole rings is 1. The summed E-state index contributed by atoms with van der Waals surface area (Å²) in [6, 6.07) is 5.10. The number of nitrogens with zero attached hydrogens (tertiary/aromatic N) is 4. The molecule has 0 saturated carbocycles. The molecule has 1 heterocycles. The van der Waals surface area contributed by atoms with E-state index in [-0.39, 0.29) is 11.1 Å². The molecule has 10 heteroatoms. The fraction of sp³-hybridized carbons (Fsp3) is 0.250. The molecule has 1 aromatic carbocycles. The molecule has 0 aliphatic rings. The lowest BCUT2D eigenvalue weighted by atomic mass is 10.2. The van der Waals surface area contributed by atoms with Crippen LogP contribution in [0, 0.1) is 0 Å². The molecular weight excluding hydrogens is 372 g/mol. The van der Waals surface area contributed by atoms with Crippen molar-refractivity contribution < 1.29 is 9.53 Å². The summed E-state index contributed by atoms with van der Waals surface area (Å²) in [5, 5.41) is 16.8. The number of thiocarbonyl (C=S) groups is 1. The van der Waals surface area contributed by atoms with Gasteiger partial charge in [-0.05, 0) is 42.6 Å². The van der Waals surface area contributed by atoms with Crippen molar-refractivity contribution in [2.24, 2.45) is 0 Å². The number of aryl methyl sites for hydroxylation is 1. The van der Waals surface area contributed by atoms with E-state index in [1.165, 1.54) is 11.9 Å². The van der Waals surface area contributed by atoms with Gasteiger partial charge in [-0.25, -0.2) is 0 Å². The van der Waals surface area contributed by atoms with Gasteiger partial charge < -0.3 is 4.74 Å². The molecule has 22 heavy (non-hydrogen) atoms. The van der Waals surface area contributed by atoms with E-state index in [0.29, 0.717) is 17.9 Å². The number of methoxy groups -OCH3 is 1. The van der Waals surface area contributed by atoms with Crippen LogP contribution in [0.3, 0.4) is 0 Å². The fourth-order valence-electron chi connectivity index (χ4n) is 1.59. The molecular formula is C12H13BrN6O2S. The molecule has 0 unspecified atom stereocenters. The Morgan fingerprint density at radius 3 is 2.91 bits per heavy atom. The number of rotatable bonds is 4. The number of hydrogen-bond acceptors (Lipinski definition) is 6. The van der Waals surface area contributed by atoms with Crippen molar-refractivity contribution in [3.63, 3.8) is 0 Å². The number of carbonyl (C=O) groups excluding carboxylic acids is 1. The third kappa shape index (κ3) is 3.98. The molecule has 8 nitrogen and oxygen atoms in total. The van der Waals surface area contributed by atoms with E-state index >= 15 is 0 Å². The quantitative estimate of drug-likeness (QED) is 0.772. The summed E-state index contributed by atoms with van der Waals surface area (Å²) >= 11 is 8.37. The zero-order chi connectivity index (χ0) is 16.1. The number of amides is 1. The first kappa shape index (κ1) is 16.3. The van der Waals surface area contributed by atoms with Gasteiger partial charge in [0.1, 0.15) is 5.75 Å². The van der Waals surface area contributed by atoms with Crippen LogP contribution in [0.4, 0.5) is 5.95 Å². The Balaban J connectivity index is 2.05. The van der Waals surface area contributed by atoms with Gasteiger partial charge >= 0.3 is 0 Å². The number of carbonyl (C=O) groups is 1. The van der Waals surface area contributed by atoms with Crippen molar-refractivity contribution in [3.05, 3.63) is 28.2 Å². The lowest BCUT2D eigenvalue weighted by molar-refractivity contribution is 0.0974. The molecule has 1 aromatic heterocycles. The zero-order valence-electron chi connectivity index (χ0n) is 11.8. The highest BCUT2D eigenvalue weighted by Gasteiger charge is 2.15. The van der Waals surface area contributed by atoms with E-state index in [1.54, 1.807) is 18.2 Å². The maximum absolute atomic E-state index is 12.2. The number of ether oxygens (including phenoxy) is 1. The molecule has 0 bridgehead atoms. The minimum Gasteiger partial charge on any atom is -0.496 e. The Morgan fingerprint density at radius 1 is 1.50 bits per heavy atom. The highest BCUT2D eigenvalue weighted by atomic mass is 79.9. The first-order chi connectivity index (χ1) is 10.5. The Hall–Kier alpha value is -2.07. The molecule has 0 aliphatic heterocycles. The van der Waals surface area contributed by atoms with E-state index in [1.807, 2.05) is 6.92 Å². The summed E-state index contributed by atoms with van der Waals surface area (Å²) in [5.74, 6) is 0.255. The Kier molecular flexibility index (Phi) is 5.39. The molecule has 0 spiro atoms. The van der Waals surface area contributed by atoms with Gasteiger partial charge in [0.25, 0.3) is 11.9 Å². The molecule has 0 aliphatic carbocycles. The van der Waals surface area contributed by atoms with Crippen LogP contribution in [-0.4, -0.2) is 38.3 Å². The monoisotopic (exact) mass is 384 g/mol. The highest BCUT2D eigenvalue weighted by molar-refractivity contribution is 9.10. The normalized spacial score (nSPS) is 10.1. The molecule has 116 valence electrons. The first-order valence-corrected chi connectivity index (χ1v) is 7.47. The van der Waals surface area contributed by atoms with E-state index in [0.717, 1.165) is 4.47 Å². The van der Waals surface area contributed by atoms with Crippen molar-refractivity contribution >= 4 is 45.1 Å². The van der Waals surface area contributed by atoms with Gasteiger partial charge in [0.05, 0.1) is 19.2 Å². The van der Waals surface area contributed by atoms with Crippen LogP contribution < -0.4 is 15.4 Å². The van der Waals surface area contributed by atoms with Crippen molar-refractivity contribution in [2.45, 2.75) is 13.5 Å². The molecule has 0 fully saturated rings. The van der Waals surface area contributed by atoms with Crippen LogP contribution in [-0.2, 0) is 6.54 Å². The topological polar surface area (TPSA) is 94.0 Å². The number of benzene rings is 1. The maximum atomic E-state index is 12.2. The molecule has 0 atom stereocenters. The van der Waals surface area contributed by atoms with Crippen LogP contribution in [0.25, 0.3) is 0 Å². The Labute approximate surface area is 140 Å². The van der Waals surface area contributed by atoms with Crippen molar-refractivity contribution in [1.29, 1.82) is 0 Å². The van der Waals surface area contributed by atoms with Crippen molar-refractivity contribution in [2.75, 3.05) is 12.4 Å². The summed E-state index contributed by atoms with van der Waals surface area (Å²) in [7, 11) is 1.49. The summed E-state index contributed by atoms with van der Waals surface area (Å²) in [6.45, 7) is 2.47. The van der Waals surface area contributed by atoms with Crippen LogP contribution in [0.1, 0.15) is 17.3 Å². The maximum Gasteiger partial charge on any atom is 0.269 e. The smallest absolute Gasteiger partial charge is 0.269 e. The average Bonchev–Trinajstić information content (AvgIpc) is 2.94. The standard InChI is InChI=1S/C12H13BrN6O2S/c1-3-19-17-11(16-18-19)15-12(22)14-10(20)8-6-7(13)4-5-9(8)21-2/h4-6H,3H2,1-2H3,(H2,14,15,17,20,22). The van der Waals surface area contributed by atoms with Crippen LogP contribution in [0.15, 0.2) is 22.7 Å². The van der Waals surface area contributed by atoms with Crippen LogP contribution in [0.2, 0.25) is 0 Å². The number of nitrogens with one attached hydrogen (secondary N) is 2. The molecule has 2 N–H and O–H groups in total. The second-order valence-electron chi connectivity index (χ2n) is 4.05. The number of anilines is 1. The highest BCUT2D eigenvalue weighted by Crippen LogP contribution is 2.22. The molecule has 0 radical (unpaired) electrons. The largest absolute Gasteiger partial charge is 0.496 e. The van der Waals surface area contributed by atoms with Crippen molar-refractivity contribution in [1.82, 2.24) is 25.5 Å². The molecule has 1 amide bonds. The van der Waals surface area contributed by atoms with Crippen LogP contribution in [0.5, 0.6) is 5.75 Å². The Bertz CT molecular complexity index is 705. The summed E-state index contributed by atoms with van der Waals surface area (Å²) < 4.78 is 5.91. The predicted octanol–water partition coefficient (Wildman–Crippen LogP) is 1.59. The summed E-state index contributed by atoms with van der Waals surface area (Å²) in [4.78, 5) is 13.6. The van der Waals surface area contributed by atoms with E-state index in [4.69, 9.17) is 17.0 Å². The second kappa shape index (κ2) is 7.27. The lowest BCUT2D eigenvalue weighted by Crippen LogP contribution is -2.34. The van der Waals surface area contributed by atoms with Gasteiger partial charge in [0.15, 0.2) is 5.11 Å². The van der Waals surface area contributed by atoms with Gasteiger partial charge in [0.2, 0.25) is 0 Å². The van der Waals surface area contributed by atoms with E-state index in [9.17, 15) is 4.79 Å². The van der Waals surface area contributed by atoms with Gasteiger partial charge in [-0.2, -0.15) is 4.80 Å². The fourth-order valence-corrected chi connectivity index (χ4v) is 2.13. The minimum absolute atomic E-state index is 0.0719. The summed E-state index contributed by atoms with van der Waals surface area (Å²) in [6.07, 6.45) is 0. The number of aromatic nitrogens is 4. The number of halogens is 1. The summed E-state index contributed by atoms with van der Waals surface area (Å²) in [5.41, 5.74) is 0.353. The lowest BCUT2D eigenvalue weighted by Gasteiger charge is -2.10. The average molecular weight is 385 g/mol. The van der Waals surface area contributed by atoms with Gasteiger partial charge in [-0.1, -0.05) is 21.0 Å². The number of hydrogen-bond donors (Lipinski definition) is 2. The third-order valence-electron chi connectivity index (χ3n) is 2.59. The van der Waals surface area contributed by atoms with Crippen molar-refractivity contribution in [3.8, 4) is 5.75 Å². The first-order valence-electron chi connectivity index (χ1n) is 6.27. The molecule has 0 saturated heterocycles. The van der Waals surface area contributed by atoms with Gasteiger partial charge in [-0.15, -0.1) is 5.10 Å². The zero-order valence-corrected chi connectivity index (χ0v) is 14.2. The van der Waals surface area contributed by atoms with E-state index in [2.05, 4.69) is 42.0 Å². The Morgan fingerprint density at radius 2 is 2.27 bits per heavy atom. The molecule has 2 aromatic rings. The second-order valence-corrected chi connectivity index (χ2v) is 5.38. The minimum atomic E-state index is -0.404.